The van der Waals surface area contributed by atoms with Crippen molar-refractivity contribution in [2.24, 2.45) is 0 Å². The molecular weight excluding hydrogens is 352 g/mol. The highest BCUT2D eigenvalue weighted by Gasteiger charge is 2.35. The van der Waals surface area contributed by atoms with Gasteiger partial charge in [-0.25, -0.2) is 0 Å². The van der Waals surface area contributed by atoms with Gasteiger partial charge in [0.15, 0.2) is 0 Å². The first-order valence-corrected chi connectivity index (χ1v) is 10.2. The maximum atomic E-state index is 12.8. The Morgan fingerprint density at radius 2 is 2.04 bits per heavy atom. The molecule has 132 valence electrons. The predicted molar refractivity (Wildman–Crippen MR) is 105 cm³/mol. The number of aromatic nitrogens is 1. The van der Waals surface area contributed by atoms with E-state index in [1.165, 1.54) is 0 Å². The van der Waals surface area contributed by atoms with Gasteiger partial charge in [-0.2, -0.15) is 11.8 Å². The van der Waals surface area contributed by atoms with E-state index in [2.05, 4.69) is 16.8 Å². The summed E-state index contributed by atoms with van der Waals surface area (Å²) in [4.78, 5) is 19.2. The van der Waals surface area contributed by atoms with Gasteiger partial charge < -0.3 is 4.90 Å². The van der Waals surface area contributed by atoms with Crippen molar-refractivity contribution in [1.82, 2.24) is 9.88 Å². The van der Waals surface area contributed by atoms with Gasteiger partial charge in [0.1, 0.15) is 0 Å². The first-order valence-electron chi connectivity index (χ1n) is 8.69. The molecule has 1 heterocycles. The zero-order chi connectivity index (χ0) is 17.6. The summed E-state index contributed by atoms with van der Waals surface area (Å²) in [6.45, 7) is 2.11. The molecule has 1 atom stereocenters. The molecule has 1 amide bonds. The van der Waals surface area contributed by atoms with E-state index in [9.17, 15) is 4.79 Å². The van der Waals surface area contributed by atoms with E-state index in [0.29, 0.717) is 12.5 Å². The van der Waals surface area contributed by atoms with E-state index < -0.39 is 0 Å². The monoisotopic (exact) mass is 374 g/mol. The fourth-order valence-electron chi connectivity index (χ4n) is 2.94. The summed E-state index contributed by atoms with van der Waals surface area (Å²) in [5, 5.41) is 0.728. The topological polar surface area (TPSA) is 33.2 Å². The lowest BCUT2D eigenvalue weighted by Gasteiger charge is -2.30. The molecule has 0 spiro atoms. The second-order valence-electron chi connectivity index (χ2n) is 6.38. The summed E-state index contributed by atoms with van der Waals surface area (Å²) in [5.41, 5.74) is 2.21. The van der Waals surface area contributed by atoms with E-state index in [1.54, 1.807) is 11.8 Å². The lowest BCUT2D eigenvalue weighted by atomic mass is 10.1. The SMILES string of the molecule is CC(c1ccc(Cl)cc1)N(C(=O)CCSCc1ccccn1)C1CC1. The molecule has 1 aromatic carbocycles. The second-order valence-corrected chi connectivity index (χ2v) is 7.92. The number of nitrogens with zero attached hydrogens (tertiary/aromatic N) is 2. The third kappa shape index (κ3) is 5.23. The van der Waals surface area contributed by atoms with Crippen LogP contribution in [-0.2, 0) is 10.5 Å². The Balaban J connectivity index is 1.53. The van der Waals surface area contributed by atoms with Gasteiger partial charge in [0.2, 0.25) is 5.91 Å². The highest BCUT2D eigenvalue weighted by Crippen LogP contribution is 2.35. The van der Waals surface area contributed by atoms with Crippen molar-refractivity contribution in [1.29, 1.82) is 0 Å². The van der Waals surface area contributed by atoms with Crippen LogP contribution in [-0.4, -0.2) is 27.6 Å². The van der Waals surface area contributed by atoms with Crippen molar-refractivity contribution in [2.45, 2.75) is 44.0 Å². The minimum atomic E-state index is 0.0954. The van der Waals surface area contributed by atoms with Gasteiger partial charge in [-0.15, -0.1) is 0 Å². The molecule has 3 rings (SSSR count). The van der Waals surface area contributed by atoms with Crippen LogP contribution in [0.25, 0.3) is 0 Å². The fourth-order valence-corrected chi connectivity index (χ4v) is 3.91. The molecular formula is C20H23ClN2OS. The number of rotatable bonds is 8. The molecule has 0 radical (unpaired) electrons. The molecule has 0 saturated heterocycles. The number of amides is 1. The van der Waals surface area contributed by atoms with Crippen molar-refractivity contribution in [3.05, 3.63) is 64.9 Å². The molecule has 1 aliphatic carbocycles. The van der Waals surface area contributed by atoms with Crippen LogP contribution in [0.5, 0.6) is 0 Å². The molecule has 0 aliphatic heterocycles. The summed E-state index contributed by atoms with van der Waals surface area (Å²) in [6.07, 6.45) is 4.62. The smallest absolute Gasteiger partial charge is 0.224 e. The van der Waals surface area contributed by atoms with E-state index in [4.69, 9.17) is 11.6 Å². The van der Waals surface area contributed by atoms with Crippen LogP contribution >= 0.6 is 23.4 Å². The molecule has 3 nitrogen and oxygen atoms in total. The van der Waals surface area contributed by atoms with Gasteiger partial charge in [-0.1, -0.05) is 29.8 Å². The predicted octanol–water partition coefficient (Wildman–Crippen LogP) is 5.11. The van der Waals surface area contributed by atoms with Crippen molar-refractivity contribution >= 4 is 29.3 Å². The van der Waals surface area contributed by atoms with Crippen LogP contribution in [0, 0.1) is 0 Å². The lowest BCUT2D eigenvalue weighted by molar-refractivity contribution is -0.133. The first kappa shape index (κ1) is 18.3. The standard InChI is InChI=1S/C20H23ClN2OS/c1-15(16-5-7-17(21)8-6-16)23(19-9-10-19)20(24)11-13-25-14-18-4-2-3-12-22-18/h2-8,12,15,19H,9-11,13-14H2,1H3. The van der Waals surface area contributed by atoms with Crippen LogP contribution in [0.15, 0.2) is 48.7 Å². The molecule has 5 heteroatoms. The highest BCUT2D eigenvalue weighted by atomic mass is 35.5. The molecule has 1 aliphatic rings. The summed E-state index contributed by atoms with van der Waals surface area (Å²) in [7, 11) is 0. The number of pyridine rings is 1. The van der Waals surface area contributed by atoms with Crippen molar-refractivity contribution in [3.63, 3.8) is 0 Å². The Kier molecular flexibility index (Phi) is 6.38. The molecule has 2 aromatic rings. The Morgan fingerprint density at radius 1 is 1.28 bits per heavy atom. The molecule has 0 N–H and O–H groups in total. The molecule has 0 bridgehead atoms. The molecule has 1 unspecified atom stereocenters. The van der Waals surface area contributed by atoms with E-state index in [1.807, 2.05) is 48.7 Å². The van der Waals surface area contributed by atoms with Gasteiger partial charge in [0, 0.05) is 35.2 Å². The highest BCUT2D eigenvalue weighted by molar-refractivity contribution is 7.98. The zero-order valence-electron chi connectivity index (χ0n) is 14.4. The van der Waals surface area contributed by atoms with Crippen molar-refractivity contribution in [2.75, 3.05) is 5.75 Å². The third-order valence-electron chi connectivity index (χ3n) is 4.43. The maximum absolute atomic E-state index is 12.8. The average molecular weight is 375 g/mol. The van der Waals surface area contributed by atoms with Gasteiger partial charge >= 0.3 is 0 Å². The summed E-state index contributed by atoms with van der Waals surface area (Å²) < 4.78 is 0. The molecule has 1 fully saturated rings. The Hall–Kier alpha value is -1.52. The summed E-state index contributed by atoms with van der Waals surface area (Å²) in [6, 6.07) is 14.3. The van der Waals surface area contributed by atoms with Crippen LogP contribution in [0.4, 0.5) is 0 Å². The number of hydrogen-bond donors (Lipinski definition) is 0. The Labute approximate surface area is 158 Å². The van der Waals surface area contributed by atoms with Gasteiger partial charge in [0.25, 0.3) is 0 Å². The number of carbonyl (C=O) groups excluding carboxylic acids is 1. The van der Waals surface area contributed by atoms with Gasteiger partial charge in [-0.3, -0.25) is 9.78 Å². The van der Waals surface area contributed by atoms with Crippen molar-refractivity contribution in [3.8, 4) is 0 Å². The first-order chi connectivity index (χ1) is 12.1. The zero-order valence-corrected chi connectivity index (χ0v) is 16.0. The molecule has 1 aromatic heterocycles. The van der Waals surface area contributed by atoms with Crippen LogP contribution in [0.3, 0.4) is 0 Å². The second kappa shape index (κ2) is 8.72. The Bertz CT molecular complexity index is 689. The molecule has 1 saturated carbocycles. The Morgan fingerprint density at radius 3 is 2.68 bits per heavy atom. The minimum Gasteiger partial charge on any atom is -0.333 e. The third-order valence-corrected chi connectivity index (χ3v) is 5.68. The van der Waals surface area contributed by atoms with Crippen molar-refractivity contribution < 1.29 is 4.79 Å². The van der Waals surface area contributed by atoms with Crippen LogP contribution in [0.2, 0.25) is 5.02 Å². The lowest BCUT2D eigenvalue weighted by Crippen LogP contribution is -2.35. The normalized spacial score (nSPS) is 15.0. The molecule has 25 heavy (non-hydrogen) atoms. The summed E-state index contributed by atoms with van der Waals surface area (Å²) >= 11 is 7.75. The number of hydrogen-bond acceptors (Lipinski definition) is 3. The average Bonchev–Trinajstić information content (AvgIpc) is 3.45. The largest absolute Gasteiger partial charge is 0.333 e. The number of carbonyl (C=O) groups is 1. The summed E-state index contributed by atoms with van der Waals surface area (Å²) in [5.74, 6) is 1.93. The van der Waals surface area contributed by atoms with Crippen LogP contribution < -0.4 is 0 Å². The maximum Gasteiger partial charge on any atom is 0.224 e. The number of halogens is 1. The van der Waals surface area contributed by atoms with Gasteiger partial charge in [0.05, 0.1) is 11.7 Å². The van der Waals surface area contributed by atoms with E-state index >= 15 is 0 Å². The quantitative estimate of drug-likeness (QED) is 0.602. The fraction of sp³-hybridized carbons (Fsp3) is 0.400. The van der Waals surface area contributed by atoms with E-state index in [-0.39, 0.29) is 11.9 Å². The minimum absolute atomic E-state index is 0.0954. The van der Waals surface area contributed by atoms with Gasteiger partial charge in [-0.05, 0) is 49.6 Å². The van der Waals surface area contributed by atoms with Crippen LogP contribution in [0.1, 0.15) is 43.5 Å². The van der Waals surface area contributed by atoms with E-state index in [0.717, 1.165) is 40.6 Å². The number of benzene rings is 1. The number of thioether (sulfide) groups is 1.